The fraction of sp³-hybridized carbons (Fsp3) is 0.435. The van der Waals surface area contributed by atoms with E-state index < -0.39 is 0 Å². The second kappa shape index (κ2) is 11.9. The molecule has 3 N–H and O–H groups in total. The molecule has 0 spiro atoms. The second-order valence-electron chi connectivity index (χ2n) is 7.59. The van der Waals surface area contributed by atoms with Crippen LogP contribution in [0.3, 0.4) is 0 Å². The summed E-state index contributed by atoms with van der Waals surface area (Å²) in [5, 5.41) is 13.8. The van der Waals surface area contributed by atoms with Crippen molar-refractivity contribution in [1.29, 1.82) is 0 Å². The summed E-state index contributed by atoms with van der Waals surface area (Å²) in [4.78, 5) is 9.22. The van der Waals surface area contributed by atoms with Gasteiger partial charge in [0.1, 0.15) is 23.4 Å². The van der Waals surface area contributed by atoms with Crippen LogP contribution < -0.4 is 20.1 Å². The maximum absolute atomic E-state index is 5.92. The molecule has 0 radical (unpaired) electrons. The zero-order valence-electron chi connectivity index (χ0n) is 19.2. The van der Waals surface area contributed by atoms with E-state index in [1.54, 1.807) is 6.26 Å². The van der Waals surface area contributed by atoms with E-state index in [9.17, 15) is 0 Å². The summed E-state index contributed by atoms with van der Waals surface area (Å²) in [7, 11) is 0. The summed E-state index contributed by atoms with van der Waals surface area (Å²) in [5.41, 5.74) is 2.20. The maximum atomic E-state index is 5.92. The van der Waals surface area contributed by atoms with Crippen LogP contribution in [0.2, 0.25) is 0 Å². The number of halogens is 1. The van der Waals surface area contributed by atoms with Crippen LogP contribution >= 0.6 is 24.0 Å². The molecule has 9 nitrogen and oxygen atoms in total. The maximum Gasteiger partial charge on any atom is 0.216 e. The number of furan rings is 1. The molecule has 1 unspecified atom stereocenters. The molecule has 0 fully saturated rings. The number of ether oxygens (including phenoxy) is 2. The summed E-state index contributed by atoms with van der Waals surface area (Å²) in [6.07, 6.45) is 3.39. The molecule has 0 aliphatic carbocycles. The Hall–Kier alpha value is -2.76. The Balaban J connectivity index is 0.00000306. The van der Waals surface area contributed by atoms with Gasteiger partial charge in [-0.3, -0.25) is 5.10 Å². The highest BCUT2D eigenvalue weighted by atomic mass is 127. The molecule has 3 heterocycles. The monoisotopic (exact) mass is 566 g/mol. The van der Waals surface area contributed by atoms with Gasteiger partial charge in [0, 0.05) is 37.1 Å². The zero-order chi connectivity index (χ0) is 22.3. The van der Waals surface area contributed by atoms with Gasteiger partial charge in [-0.05, 0) is 45.0 Å². The highest BCUT2D eigenvalue weighted by Gasteiger charge is 2.21. The first-order valence-corrected chi connectivity index (χ1v) is 11.1. The molecule has 3 aromatic rings. The third-order valence-electron chi connectivity index (χ3n) is 5.06. The minimum Gasteiger partial charge on any atom is -0.494 e. The lowest BCUT2D eigenvalue weighted by Crippen LogP contribution is -2.38. The van der Waals surface area contributed by atoms with Crippen molar-refractivity contribution in [1.82, 2.24) is 25.8 Å². The van der Waals surface area contributed by atoms with Gasteiger partial charge in [0.25, 0.3) is 0 Å². The van der Waals surface area contributed by atoms with Gasteiger partial charge in [0.05, 0.1) is 19.4 Å². The van der Waals surface area contributed by atoms with Crippen LogP contribution in [-0.2, 0) is 19.4 Å². The molecule has 1 atom stereocenters. The summed E-state index contributed by atoms with van der Waals surface area (Å²) >= 11 is 0. The molecular weight excluding hydrogens is 535 g/mol. The summed E-state index contributed by atoms with van der Waals surface area (Å²) in [6, 6.07) is 7.80. The van der Waals surface area contributed by atoms with Crippen LogP contribution in [0, 0.1) is 0 Å². The number of nitrogens with zero attached hydrogens (tertiary/aromatic N) is 3. The van der Waals surface area contributed by atoms with Crippen LogP contribution in [0.15, 0.2) is 39.9 Å². The smallest absolute Gasteiger partial charge is 0.216 e. The lowest BCUT2D eigenvalue weighted by Gasteiger charge is -2.13. The molecule has 33 heavy (non-hydrogen) atoms. The Morgan fingerprint density at radius 1 is 1.30 bits per heavy atom. The number of hydrogen-bond acceptors (Lipinski definition) is 6. The summed E-state index contributed by atoms with van der Waals surface area (Å²) in [5.74, 6) is 4.52. The number of benzene rings is 1. The second-order valence-corrected chi connectivity index (χ2v) is 7.59. The molecule has 1 aromatic carbocycles. The largest absolute Gasteiger partial charge is 0.494 e. The molecule has 10 heteroatoms. The molecular formula is C23H31IN6O3. The molecule has 0 saturated heterocycles. The van der Waals surface area contributed by atoms with Gasteiger partial charge in [-0.2, -0.15) is 5.10 Å². The molecule has 0 saturated carbocycles. The summed E-state index contributed by atoms with van der Waals surface area (Å²) in [6.45, 7) is 8.63. The van der Waals surface area contributed by atoms with Crippen LogP contribution in [0.5, 0.6) is 11.5 Å². The third-order valence-corrected chi connectivity index (χ3v) is 5.06. The van der Waals surface area contributed by atoms with Crippen LogP contribution in [0.1, 0.15) is 37.7 Å². The predicted octanol–water partition coefficient (Wildman–Crippen LogP) is 3.70. The quantitative estimate of drug-likeness (QED) is 0.206. The number of rotatable bonds is 9. The van der Waals surface area contributed by atoms with Crippen molar-refractivity contribution in [2.75, 3.05) is 19.7 Å². The van der Waals surface area contributed by atoms with Crippen molar-refractivity contribution in [3.63, 3.8) is 0 Å². The van der Waals surface area contributed by atoms with Gasteiger partial charge in [0.15, 0.2) is 11.7 Å². The lowest BCUT2D eigenvalue weighted by atomic mass is 10.1. The number of aromatic amines is 1. The van der Waals surface area contributed by atoms with E-state index in [0.717, 1.165) is 41.8 Å². The molecule has 1 aliphatic heterocycles. The van der Waals surface area contributed by atoms with Crippen molar-refractivity contribution in [3.8, 4) is 23.1 Å². The summed E-state index contributed by atoms with van der Waals surface area (Å²) < 4.78 is 17.1. The minimum atomic E-state index is 0. The van der Waals surface area contributed by atoms with E-state index in [1.807, 2.05) is 26.0 Å². The highest BCUT2D eigenvalue weighted by Crippen LogP contribution is 2.35. The van der Waals surface area contributed by atoms with E-state index in [4.69, 9.17) is 18.9 Å². The first kappa shape index (κ1) is 24.9. The number of fused-ring (bicyclic) bond motifs is 1. The minimum absolute atomic E-state index is 0. The number of hydrogen-bond donors (Lipinski definition) is 3. The van der Waals surface area contributed by atoms with Gasteiger partial charge in [-0.15, -0.1) is 24.0 Å². The van der Waals surface area contributed by atoms with Gasteiger partial charge in [0.2, 0.25) is 5.82 Å². The average Bonchev–Trinajstić information content (AvgIpc) is 3.52. The van der Waals surface area contributed by atoms with E-state index in [2.05, 4.69) is 44.9 Å². The normalized spacial score (nSPS) is 14.9. The molecule has 4 rings (SSSR count). The van der Waals surface area contributed by atoms with E-state index in [-0.39, 0.29) is 30.1 Å². The van der Waals surface area contributed by atoms with Crippen LogP contribution in [-0.4, -0.2) is 46.9 Å². The Labute approximate surface area is 210 Å². The number of H-pyrrole nitrogens is 1. The molecule has 0 bridgehead atoms. The Morgan fingerprint density at radius 2 is 2.18 bits per heavy atom. The highest BCUT2D eigenvalue weighted by molar-refractivity contribution is 14.0. The van der Waals surface area contributed by atoms with Crippen molar-refractivity contribution >= 4 is 29.9 Å². The standard InChI is InChI=1S/C23H30N6O3.HI/c1-4-24-23(25-9-8-21-27-22(29-28-21)18-7-6-10-31-18)26-14-17-13-20-16(11-15(3)32-20)12-19(17)30-5-2;/h6-7,10,12-13,15H,4-5,8-9,11,14H2,1-3H3,(H2,24,25,26)(H,27,28,29);1H. The third kappa shape index (κ3) is 6.40. The molecule has 0 amide bonds. The predicted molar refractivity (Wildman–Crippen MR) is 137 cm³/mol. The fourth-order valence-electron chi connectivity index (χ4n) is 3.62. The molecule has 1 aliphatic rings. The number of aromatic nitrogens is 3. The number of nitrogens with one attached hydrogen (secondary N) is 3. The molecule has 178 valence electrons. The van der Waals surface area contributed by atoms with Crippen molar-refractivity contribution < 1.29 is 13.9 Å². The van der Waals surface area contributed by atoms with E-state index in [0.29, 0.717) is 37.7 Å². The Morgan fingerprint density at radius 3 is 2.94 bits per heavy atom. The van der Waals surface area contributed by atoms with Crippen LogP contribution in [0.4, 0.5) is 0 Å². The average molecular weight is 566 g/mol. The van der Waals surface area contributed by atoms with E-state index in [1.165, 1.54) is 5.56 Å². The SMILES string of the molecule is CCNC(=NCc1cc2c(cc1OCC)CC(C)O2)NCCc1nc(-c2ccco2)n[nH]1.I. The number of guanidine groups is 1. The van der Waals surface area contributed by atoms with Gasteiger partial charge < -0.3 is 24.5 Å². The van der Waals surface area contributed by atoms with Crippen molar-refractivity contribution in [3.05, 3.63) is 47.5 Å². The van der Waals surface area contributed by atoms with Gasteiger partial charge in [-0.25, -0.2) is 9.98 Å². The van der Waals surface area contributed by atoms with Crippen LogP contribution in [0.25, 0.3) is 11.6 Å². The first-order chi connectivity index (χ1) is 15.7. The lowest BCUT2D eigenvalue weighted by molar-refractivity contribution is 0.254. The molecule has 2 aromatic heterocycles. The van der Waals surface area contributed by atoms with Crippen molar-refractivity contribution in [2.24, 2.45) is 4.99 Å². The number of aliphatic imine (C=N–C) groups is 1. The van der Waals surface area contributed by atoms with Gasteiger partial charge >= 0.3 is 0 Å². The topological polar surface area (TPSA) is 110 Å². The fourth-order valence-corrected chi connectivity index (χ4v) is 3.62. The van der Waals surface area contributed by atoms with E-state index >= 15 is 0 Å². The Bertz CT molecular complexity index is 1050. The van der Waals surface area contributed by atoms with Gasteiger partial charge in [-0.1, -0.05) is 0 Å². The zero-order valence-corrected chi connectivity index (χ0v) is 21.5. The first-order valence-electron chi connectivity index (χ1n) is 11.1. The Kier molecular flexibility index (Phi) is 8.98. The van der Waals surface area contributed by atoms with Crippen molar-refractivity contribution in [2.45, 2.75) is 46.3 Å².